The SMILES string of the molecule is CNC(C)c1ccc(Sc2ccccc2C)cn1. The average Bonchev–Trinajstić information content (AvgIpc) is 2.41. The van der Waals surface area contributed by atoms with Crippen molar-refractivity contribution in [2.24, 2.45) is 0 Å². The first-order valence-electron chi connectivity index (χ1n) is 6.07. The van der Waals surface area contributed by atoms with Crippen LogP contribution < -0.4 is 5.32 Å². The van der Waals surface area contributed by atoms with Crippen molar-refractivity contribution in [2.45, 2.75) is 29.7 Å². The van der Waals surface area contributed by atoms with Crippen LogP contribution in [0.5, 0.6) is 0 Å². The summed E-state index contributed by atoms with van der Waals surface area (Å²) < 4.78 is 0. The van der Waals surface area contributed by atoms with Gasteiger partial charge in [0.2, 0.25) is 0 Å². The summed E-state index contributed by atoms with van der Waals surface area (Å²) in [5, 5.41) is 3.19. The molecule has 0 amide bonds. The minimum Gasteiger partial charge on any atom is -0.312 e. The monoisotopic (exact) mass is 258 g/mol. The summed E-state index contributed by atoms with van der Waals surface area (Å²) in [6.45, 7) is 4.24. The van der Waals surface area contributed by atoms with Gasteiger partial charge in [-0.25, -0.2) is 0 Å². The van der Waals surface area contributed by atoms with Crippen molar-refractivity contribution in [3.8, 4) is 0 Å². The summed E-state index contributed by atoms with van der Waals surface area (Å²) in [6, 6.07) is 12.9. The van der Waals surface area contributed by atoms with E-state index < -0.39 is 0 Å². The standard InChI is InChI=1S/C15H18N2S/c1-11-6-4-5-7-15(11)18-13-8-9-14(17-10-13)12(2)16-3/h4-10,12,16H,1-3H3. The molecule has 0 aliphatic carbocycles. The fourth-order valence-corrected chi connectivity index (χ4v) is 2.53. The van der Waals surface area contributed by atoms with E-state index >= 15 is 0 Å². The molecule has 18 heavy (non-hydrogen) atoms. The Morgan fingerprint density at radius 2 is 1.94 bits per heavy atom. The van der Waals surface area contributed by atoms with Crippen LogP contribution in [0.3, 0.4) is 0 Å². The van der Waals surface area contributed by atoms with Gasteiger partial charge in [-0.15, -0.1) is 0 Å². The summed E-state index contributed by atoms with van der Waals surface area (Å²) in [4.78, 5) is 6.95. The van der Waals surface area contributed by atoms with Crippen LogP contribution in [0.2, 0.25) is 0 Å². The maximum absolute atomic E-state index is 4.49. The molecule has 0 aliphatic rings. The second-order valence-electron chi connectivity index (χ2n) is 4.30. The van der Waals surface area contributed by atoms with Gasteiger partial charge in [-0.05, 0) is 44.7 Å². The number of aryl methyl sites for hydroxylation is 1. The Morgan fingerprint density at radius 1 is 1.17 bits per heavy atom. The third-order valence-electron chi connectivity index (χ3n) is 2.96. The van der Waals surface area contributed by atoms with Gasteiger partial charge in [-0.2, -0.15) is 0 Å². The molecule has 1 unspecified atom stereocenters. The van der Waals surface area contributed by atoms with Crippen molar-refractivity contribution in [1.82, 2.24) is 10.3 Å². The van der Waals surface area contributed by atoms with Crippen molar-refractivity contribution in [1.29, 1.82) is 0 Å². The minimum atomic E-state index is 0.294. The lowest BCUT2D eigenvalue weighted by atomic mass is 10.2. The summed E-state index contributed by atoms with van der Waals surface area (Å²) in [5.41, 5.74) is 2.38. The lowest BCUT2D eigenvalue weighted by Gasteiger charge is -2.10. The van der Waals surface area contributed by atoms with Crippen molar-refractivity contribution in [2.75, 3.05) is 7.05 Å². The molecular weight excluding hydrogens is 240 g/mol. The van der Waals surface area contributed by atoms with Crippen LogP contribution in [0.25, 0.3) is 0 Å². The Kier molecular flexibility index (Phi) is 4.39. The molecule has 1 heterocycles. The van der Waals surface area contributed by atoms with E-state index in [1.165, 1.54) is 15.4 Å². The van der Waals surface area contributed by atoms with Gasteiger partial charge in [-0.3, -0.25) is 4.98 Å². The van der Waals surface area contributed by atoms with Crippen molar-refractivity contribution in [3.63, 3.8) is 0 Å². The van der Waals surface area contributed by atoms with Gasteiger partial charge in [0.25, 0.3) is 0 Å². The van der Waals surface area contributed by atoms with Gasteiger partial charge in [0, 0.05) is 22.0 Å². The number of aromatic nitrogens is 1. The lowest BCUT2D eigenvalue weighted by Crippen LogP contribution is -2.13. The first-order valence-corrected chi connectivity index (χ1v) is 6.89. The number of hydrogen-bond donors (Lipinski definition) is 1. The van der Waals surface area contributed by atoms with Crippen molar-refractivity contribution in [3.05, 3.63) is 53.9 Å². The maximum Gasteiger partial charge on any atom is 0.0571 e. The van der Waals surface area contributed by atoms with E-state index in [-0.39, 0.29) is 0 Å². The van der Waals surface area contributed by atoms with Crippen LogP contribution in [-0.4, -0.2) is 12.0 Å². The van der Waals surface area contributed by atoms with E-state index in [1.54, 1.807) is 11.8 Å². The quantitative estimate of drug-likeness (QED) is 0.902. The molecule has 0 radical (unpaired) electrons. The van der Waals surface area contributed by atoms with E-state index in [0.717, 1.165) is 5.69 Å². The Morgan fingerprint density at radius 3 is 2.56 bits per heavy atom. The predicted molar refractivity (Wildman–Crippen MR) is 77.0 cm³/mol. The normalized spacial score (nSPS) is 12.4. The Balaban J connectivity index is 2.14. The van der Waals surface area contributed by atoms with Gasteiger partial charge >= 0.3 is 0 Å². The van der Waals surface area contributed by atoms with Crippen molar-refractivity contribution < 1.29 is 0 Å². The summed E-state index contributed by atoms with van der Waals surface area (Å²) in [6.07, 6.45) is 1.94. The summed E-state index contributed by atoms with van der Waals surface area (Å²) in [5.74, 6) is 0. The van der Waals surface area contributed by atoms with Gasteiger partial charge in [0.15, 0.2) is 0 Å². The number of hydrogen-bond acceptors (Lipinski definition) is 3. The zero-order chi connectivity index (χ0) is 13.0. The molecule has 0 saturated carbocycles. The molecule has 3 heteroatoms. The zero-order valence-electron chi connectivity index (χ0n) is 11.0. The van der Waals surface area contributed by atoms with Gasteiger partial charge in [-0.1, -0.05) is 30.0 Å². The van der Waals surface area contributed by atoms with Gasteiger partial charge < -0.3 is 5.32 Å². The first-order chi connectivity index (χ1) is 8.70. The molecule has 2 rings (SSSR count). The van der Waals surface area contributed by atoms with E-state index in [0.29, 0.717) is 6.04 Å². The van der Waals surface area contributed by atoms with Crippen LogP contribution in [0, 0.1) is 6.92 Å². The molecule has 1 aromatic carbocycles. The number of benzene rings is 1. The third-order valence-corrected chi connectivity index (χ3v) is 4.11. The molecule has 0 spiro atoms. The molecule has 0 aliphatic heterocycles. The molecule has 1 aromatic heterocycles. The predicted octanol–water partition coefficient (Wildman–Crippen LogP) is 3.82. The second-order valence-corrected chi connectivity index (χ2v) is 5.41. The smallest absolute Gasteiger partial charge is 0.0571 e. The largest absolute Gasteiger partial charge is 0.312 e. The number of nitrogens with one attached hydrogen (secondary N) is 1. The van der Waals surface area contributed by atoms with Crippen LogP contribution in [0.15, 0.2) is 52.4 Å². The summed E-state index contributed by atoms with van der Waals surface area (Å²) in [7, 11) is 1.95. The van der Waals surface area contributed by atoms with E-state index in [2.05, 4.69) is 60.5 Å². The fraction of sp³-hybridized carbons (Fsp3) is 0.267. The van der Waals surface area contributed by atoms with Crippen LogP contribution >= 0.6 is 11.8 Å². The number of nitrogens with zero attached hydrogens (tertiary/aromatic N) is 1. The third kappa shape index (κ3) is 3.12. The Bertz CT molecular complexity index is 508. The van der Waals surface area contributed by atoms with E-state index in [1.807, 2.05) is 13.2 Å². The summed E-state index contributed by atoms with van der Waals surface area (Å²) >= 11 is 1.76. The molecule has 0 saturated heterocycles. The highest BCUT2D eigenvalue weighted by molar-refractivity contribution is 7.99. The Labute approximate surface area is 113 Å². The highest BCUT2D eigenvalue weighted by Crippen LogP contribution is 2.29. The van der Waals surface area contributed by atoms with Crippen LogP contribution in [0.1, 0.15) is 24.2 Å². The topological polar surface area (TPSA) is 24.9 Å². The molecule has 0 fully saturated rings. The highest BCUT2D eigenvalue weighted by atomic mass is 32.2. The molecule has 2 nitrogen and oxygen atoms in total. The molecular formula is C15H18N2S. The van der Waals surface area contributed by atoms with Gasteiger partial charge in [0.1, 0.15) is 0 Å². The molecule has 1 N–H and O–H groups in total. The average molecular weight is 258 g/mol. The zero-order valence-corrected chi connectivity index (χ0v) is 11.8. The first kappa shape index (κ1) is 13.1. The number of rotatable bonds is 4. The highest BCUT2D eigenvalue weighted by Gasteiger charge is 2.05. The van der Waals surface area contributed by atoms with Crippen LogP contribution in [-0.2, 0) is 0 Å². The lowest BCUT2D eigenvalue weighted by molar-refractivity contribution is 0.631. The molecule has 1 atom stereocenters. The van der Waals surface area contributed by atoms with E-state index in [9.17, 15) is 0 Å². The Hall–Kier alpha value is -1.32. The molecule has 2 aromatic rings. The van der Waals surface area contributed by atoms with E-state index in [4.69, 9.17) is 0 Å². The minimum absolute atomic E-state index is 0.294. The van der Waals surface area contributed by atoms with Crippen LogP contribution in [0.4, 0.5) is 0 Å². The second kappa shape index (κ2) is 6.03. The van der Waals surface area contributed by atoms with Crippen molar-refractivity contribution >= 4 is 11.8 Å². The maximum atomic E-state index is 4.49. The number of pyridine rings is 1. The van der Waals surface area contributed by atoms with Gasteiger partial charge in [0.05, 0.1) is 5.69 Å². The fourth-order valence-electron chi connectivity index (χ4n) is 1.65. The molecule has 94 valence electrons. The molecule has 0 bridgehead atoms.